The maximum Gasteiger partial charge on any atom is 0.424 e. The molecule has 0 saturated heterocycles. The van der Waals surface area contributed by atoms with E-state index < -0.39 is 40.1 Å². The van der Waals surface area contributed by atoms with E-state index in [1.807, 2.05) is 19.1 Å². The zero-order chi connectivity index (χ0) is 39.3. The number of hydrogen-bond donors (Lipinski definition) is 2. The maximum atomic E-state index is 13.8. The average molecular weight is 797 g/mol. The van der Waals surface area contributed by atoms with E-state index in [0.717, 1.165) is 22.3 Å². The number of carbonyl (C=O) groups is 3. The quantitative estimate of drug-likeness (QED) is 0.0961. The van der Waals surface area contributed by atoms with Crippen LogP contribution in [-0.2, 0) is 28.9 Å². The number of anilines is 3. The fraction of sp³-hybridized carbons (Fsp3) is 0.289. The number of nitrogens with one attached hydrogen (secondary N) is 1. The summed E-state index contributed by atoms with van der Waals surface area (Å²) in [6, 6.07) is 19.3. The molecule has 292 valence electrons. The van der Waals surface area contributed by atoms with Crippen LogP contribution in [0.3, 0.4) is 0 Å². The van der Waals surface area contributed by atoms with Gasteiger partial charge in [0.2, 0.25) is 12.2 Å². The predicted molar refractivity (Wildman–Crippen MR) is 207 cm³/mol. The van der Waals surface area contributed by atoms with Crippen LogP contribution in [0, 0.1) is 11.7 Å². The Morgan fingerprint density at radius 3 is 2.22 bits per heavy atom. The van der Waals surface area contributed by atoms with E-state index in [2.05, 4.69) is 15.4 Å². The van der Waals surface area contributed by atoms with Gasteiger partial charge in [-0.1, -0.05) is 44.5 Å². The number of sulfone groups is 1. The summed E-state index contributed by atoms with van der Waals surface area (Å²) in [5.74, 6) is -2.23. The van der Waals surface area contributed by atoms with Gasteiger partial charge >= 0.3 is 12.1 Å². The van der Waals surface area contributed by atoms with Crippen molar-refractivity contribution in [1.82, 2.24) is 14.6 Å². The molecule has 5 rings (SSSR count). The summed E-state index contributed by atoms with van der Waals surface area (Å²) < 4.78 is 55.7. The molecule has 5 aromatic rings. The molecule has 3 N–H and O–H groups in total. The SMILES string of the molecule is CC[C@H](C)[C@H](N)C(=O)O[C@H](C)OC(=O)N(c1nc2ccc(-c3ccc(NC(=O)[C@H](C)c4ccc(F)cc4)cc3)cn2n1)c1ccc(S(C)(=O)=O)cc1OC.Cl. The Balaban J connectivity index is 0.00000673. The Kier molecular flexibility index (Phi) is 13.6. The predicted octanol–water partition coefficient (Wildman–Crippen LogP) is 6.65. The van der Waals surface area contributed by atoms with Crippen LogP contribution in [0.5, 0.6) is 5.75 Å². The lowest BCUT2D eigenvalue weighted by Gasteiger charge is -2.24. The molecule has 0 aliphatic heterocycles. The van der Waals surface area contributed by atoms with Crippen LogP contribution in [0.1, 0.15) is 45.6 Å². The van der Waals surface area contributed by atoms with Crippen molar-refractivity contribution in [2.45, 2.75) is 57.3 Å². The van der Waals surface area contributed by atoms with Gasteiger partial charge in [0.1, 0.15) is 17.6 Å². The van der Waals surface area contributed by atoms with Gasteiger partial charge in [0.15, 0.2) is 15.5 Å². The van der Waals surface area contributed by atoms with Gasteiger partial charge in [-0.2, -0.15) is 4.98 Å². The van der Waals surface area contributed by atoms with Crippen molar-refractivity contribution in [3.63, 3.8) is 0 Å². The molecule has 2 aromatic heterocycles. The molecule has 4 atom stereocenters. The van der Waals surface area contributed by atoms with E-state index >= 15 is 0 Å². The van der Waals surface area contributed by atoms with Crippen LogP contribution in [0.25, 0.3) is 16.8 Å². The van der Waals surface area contributed by atoms with Gasteiger partial charge in [-0.05, 0) is 72.5 Å². The lowest BCUT2D eigenvalue weighted by molar-refractivity contribution is -0.167. The van der Waals surface area contributed by atoms with Gasteiger partial charge in [-0.15, -0.1) is 17.5 Å². The molecule has 0 saturated carbocycles. The summed E-state index contributed by atoms with van der Waals surface area (Å²) in [6.45, 7) is 6.77. The highest BCUT2D eigenvalue weighted by molar-refractivity contribution is 7.90. The van der Waals surface area contributed by atoms with Crippen molar-refractivity contribution in [3.8, 4) is 16.9 Å². The Hall–Kier alpha value is -5.58. The normalized spacial score (nSPS) is 13.5. The summed E-state index contributed by atoms with van der Waals surface area (Å²) in [4.78, 5) is 44.7. The number of halogens is 2. The first-order valence-electron chi connectivity index (χ1n) is 17.0. The Labute approximate surface area is 324 Å². The molecular formula is C38H42ClFN6O8S. The molecule has 2 heterocycles. The Morgan fingerprint density at radius 2 is 1.60 bits per heavy atom. The molecule has 0 spiro atoms. The van der Waals surface area contributed by atoms with E-state index in [4.69, 9.17) is 19.9 Å². The summed E-state index contributed by atoms with van der Waals surface area (Å²) >= 11 is 0. The number of benzene rings is 3. The van der Waals surface area contributed by atoms with Gasteiger partial charge < -0.3 is 25.3 Å². The van der Waals surface area contributed by atoms with Crippen molar-refractivity contribution < 1.29 is 41.4 Å². The van der Waals surface area contributed by atoms with Gasteiger partial charge in [-0.25, -0.2) is 27.0 Å². The first-order valence-corrected chi connectivity index (χ1v) is 18.9. The third-order valence-corrected chi connectivity index (χ3v) is 9.96. The lowest BCUT2D eigenvalue weighted by atomic mass is 10.00. The minimum Gasteiger partial charge on any atom is -0.495 e. The fourth-order valence-corrected chi connectivity index (χ4v) is 5.98. The molecule has 0 aliphatic carbocycles. The second-order valence-electron chi connectivity index (χ2n) is 12.7. The van der Waals surface area contributed by atoms with Crippen molar-refractivity contribution >= 4 is 63.2 Å². The largest absolute Gasteiger partial charge is 0.495 e. The average Bonchev–Trinajstić information content (AvgIpc) is 3.56. The number of methoxy groups -OCH3 is 1. The van der Waals surface area contributed by atoms with Gasteiger partial charge in [0.05, 0.1) is 23.6 Å². The molecule has 0 unspecified atom stereocenters. The van der Waals surface area contributed by atoms with Crippen molar-refractivity contribution in [1.29, 1.82) is 0 Å². The third-order valence-electron chi connectivity index (χ3n) is 8.85. The van der Waals surface area contributed by atoms with E-state index in [1.54, 1.807) is 56.4 Å². The summed E-state index contributed by atoms with van der Waals surface area (Å²) in [6.07, 6.45) is 0.928. The van der Waals surface area contributed by atoms with E-state index in [1.165, 1.54) is 48.9 Å². The third kappa shape index (κ3) is 9.95. The molecule has 55 heavy (non-hydrogen) atoms. The topological polar surface area (TPSA) is 185 Å². The summed E-state index contributed by atoms with van der Waals surface area (Å²) in [5, 5.41) is 7.41. The minimum atomic E-state index is -3.64. The number of fused-ring (bicyclic) bond motifs is 1. The van der Waals surface area contributed by atoms with Crippen LogP contribution < -0.4 is 20.7 Å². The van der Waals surface area contributed by atoms with Gasteiger partial charge in [0.25, 0.3) is 5.95 Å². The zero-order valence-electron chi connectivity index (χ0n) is 30.9. The molecule has 2 amide bonds. The number of ether oxygens (including phenoxy) is 3. The molecule has 3 aromatic carbocycles. The minimum absolute atomic E-state index is 0. The zero-order valence-corrected chi connectivity index (χ0v) is 32.6. The number of hydrogen-bond acceptors (Lipinski definition) is 11. The number of nitrogens with zero attached hydrogens (tertiary/aromatic N) is 4. The molecule has 0 bridgehead atoms. The van der Waals surface area contributed by atoms with Crippen molar-refractivity contribution in [2.75, 3.05) is 23.6 Å². The summed E-state index contributed by atoms with van der Waals surface area (Å²) in [7, 11) is -2.33. The molecule has 0 aliphatic rings. The maximum absolute atomic E-state index is 13.8. The number of rotatable bonds is 13. The van der Waals surface area contributed by atoms with Crippen molar-refractivity contribution in [2.24, 2.45) is 11.7 Å². The molecule has 0 radical (unpaired) electrons. The second-order valence-corrected chi connectivity index (χ2v) is 14.7. The Bertz CT molecular complexity index is 2270. The standard InChI is InChI=1S/C38H41FN6O8S.ClH/c1-7-22(2)34(40)36(47)52-24(4)53-38(48)45(31-18-17-30(54(6,49)50)20-32(31)51-5)37-42-33-19-12-27(21-44(33)43-37)26-10-15-29(16-11-26)41-35(46)23(3)25-8-13-28(39)14-9-25;/h8-24,34H,7,40H2,1-6H3,(H,41,46);1H/t22-,23+,24-,34-;/m0./s1. The smallest absolute Gasteiger partial charge is 0.424 e. The highest BCUT2D eigenvalue weighted by Gasteiger charge is 2.31. The number of aromatic nitrogens is 3. The first kappa shape index (κ1) is 42.2. The highest BCUT2D eigenvalue weighted by atomic mass is 35.5. The number of pyridine rings is 1. The lowest BCUT2D eigenvalue weighted by Crippen LogP contribution is -2.41. The molecule has 0 fully saturated rings. The number of esters is 1. The number of amides is 2. The monoisotopic (exact) mass is 796 g/mol. The van der Waals surface area contributed by atoms with Crippen LogP contribution in [-0.4, -0.2) is 66.7 Å². The van der Waals surface area contributed by atoms with Gasteiger partial charge in [-0.3, -0.25) is 9.59 Å². The highest BCUT2D eigenvalue weighted by Crippen LogP contribution is 2.36. The molecular weight excluding hydrogens is 755 g/mol. The first-order chi connectivity index (χ1) is 25.6. The van der Waals surface area contributed by atoms with Crippen LogP contribution in [0.2, 0.25) is 0 Å². The summed E-state index contributed by atoms with van der Waals surface area (Å²) in [5.41, 5.74) is 9.13. The van der Waals surface area contributed by atoms with E-state index in [0.29, 0.717) is 23.3 Å². The van der Waals surface area contributed by atoms with Gasteiger partial charge in [0, 0.05) is 36.7 Å². The fourth-order valence-electron chi connectivity index (χ4n) is 5.34. The molecule has 14 nitrogen and oxygen atoms in total. The van der Waals surface area contributed by atoms with Crippen LogP contribution in [0.15, 0.2) is 90.0 Å². The number of nitrogens with two attached hydrogens (primary N) is 1. The Morgan fingerprint density at radius 1 is 0.945 bits per heavy atom. The van der Waals surface area contributed by atoms with Crippen LogP contribution >= 0.6 is 12.4 Å². The van der Waals surface area contributed by atoms with E-state index in [9.17, 15) is 27.2 Å². The molecule has 17 heteroatoms. The van der Waals surface area contributed by atoms with Crippen LogP contribution in [0.4, 0.5) is 26.5 Å². The number of carbonyl (C=O) groups excluding carboxylic acids is 3. The van der Waals surface area contributed by atoms with E-state index in [-0.39, 0.29) is 52.3 Å². The van der Waals surface area contributed by atoms with Crippen molar-refractivity contribution in [3.05, 3.63) is 96.4 Å². The second kappa shape index (κ2) is 17.7.